The minimum Gasteiger partial charge on any atom is -0.318 e. The van der Waals surface area contributed by atoms with E-state index in [1.54, 1.807) is 0 Å². The molecule has 3 unspecified atom stereocenters. The Labute approximate surface area is 70.0 Å². The van der Waals surface area contributed by atoms with Crippen LogP contribution in [-0.2, 0) is 0 Å². The zero-order valence-corrected chi connectivity index (χ0v) is 7.93. The molecule has 2 rings (SSSR count). The first-order chi connectivity index (χ1) is 5.42. The third-order valence-electron chi connectivity index (χ3n) is 2.50. The Morgan fingerprint density at radius 1 is 1.36 bits per heavy atom. The van der Waals surface area contributed by atoms with Gasteiger partial charge in [0.2, 0.25) is 0 Å². The molecule has 2 heterocycles. The normalized spacial score (nSPS) is 39.0. The molecule has 2 aliphatic heterocycles. The van der Waals surface area contributed by atoms with Gasteiger partial charge in [0.1, 0.15) is 0 Å². The molecule has 2 aliphatic rings. The average Bonchev–Trinajstić information content (AvgIpc) is 2.74. The lowest BCUT2D eigenvalue weighted by Crippen LogP contribution is -2.27. The molecule has 0 aromatic heterocycles. The van der Waals surface area contributed by atoms with Gasteiger partial charge in [-0.3, -0.25) is 4.90 Å². The minimum atomic E-state index is 0.875. The monoisotopic (exact) mass is 156 g/mol. The van der Waals surface area contributed by atoms with E-state index >= 15 is 0 Å². The Balaban J connectivity index is 0.000000281. The second-order valence-electron chi connectivity index (χ2n) is 3.14. The summed E-state index contributed by atoms with van der Waals surface area (Å²) in [5.74, 6) is 0. The van der Waals surface area contributed by atoms with Crippen molar-refractivity contribution in [1.82, 2.24) is 10.2 Å². The van der Waals surface area contributed by atoms with Gasteiger partial charge in [0.15, 0.2) is 0 Å². The van der Waals surface area contributed by atoms with E-state index < -0.39 is 0 Å². The molecular weight excluding hydrogens is 136 g/mol. The molecule has 0 amide bonds. The zero-order valence-electron chi connectivity index (χ0n) is 7.93. The van der Waals surface area contributed by atoms with Crippen LogP contribution >= 0.6 is 0 Å². The first kappa shape index (κ1) is 9.01. The summed E-state index contributed by atoms with van der Waals surface area (Å²) < 4.78 is 0. The number of nitrogens with zero attached hydrogens (tertiary/aromatic N) is 1. The smallest absolute Gasteiger partial charge is 0.0228 e. The van der Waals surface area contributed by atoms with Gasteiger partial charge in [-0.05, 0) is 19.9 Å². The number of hydrogen-bond donors (Lipinski definition) is 1. The van der Waals surface area contributed by atoms with Gasteiger partial charge in [0, 0.05) is 25.2 Å². The van der Waals surface area contributed by atoms with E-state index in [0.29, 0.717) is 0 Å². The van der Waals surface area contributed by atoms with Crippen molar-refractivity contribution in [2.45, 2.75) is 38.8 Å². The molecule has 0 aromatic rings. The van der Waals surface area contributed by atoms with Gasteiger partial charge in [-0.25, -0.2) is 0 Å². The summed E-state index contributed by atoms with van der Waals surface area (Å²) in [6.07, 6.45) is 2.87. The molecule has 11 heavy (non-hydrogen) atoms. The fourth-order valence-corrected chi connectivity index (χ4v) is 1.91. The van der Waals surface area contributed by atoms with Crippen molar-refractivity contribution in [2.75, 3.05) is 20.1 Å². The quantitative estimate of drug-likeness (QED) is 0.602. The molecule has 0 saturated carbocycles. The van der Waals surface area contributed by atoms with Crippen LogP contribution in [0.2, 0.25) is 0 Å². The third kappa shape index (κ3) is 1.94. The molecule has 2 heteroatoms. The maximum Gasteiger partial charge on any atom is 0.0228 e. The predicted octanol–water partition coefficient (Wildman–Crippen LogP) is 1.08. The van der Waals surface area contributed by atoms with Crippen molar-refractivity contribution in [3.05, 3.63) is 0 Å². The first-order valence-electron chi connectivity index (χ1n) is 4.82. The Morgan fingerprint density at radius 3 is 2.45 bits per heavy atom. The highest BCUT2D eigenvalue weighted by Crippen LogP contribution is 2.34. The second-order valence-corrected chi connectivity index (χ2v) is 3.14. The van der Waals surface area contributed by atoms with E-state index in [-0.39, 0.29) is 0 Å². The number of nitrogens with one attached hydrogen (secondary N) is 1. The van der Waals surface area contributed by atoms with Crippen LogP contribution in [-0.4, -0.2) is 37.1 Å². The van der Waals surface area contributed by atoms with Crippen LogP contribution in [0.25, 0.3) is 0 Å². The van der Waals surface area contributed by atoms with E-state index in [1.165, 1.54) is 25.9 Å². The van der Waals surface area contributed by atoms with Gasteiger partial charge in [-0.1, -0.05) is 13.8 Å². The SMILES string of the molecule is CC.CNCC1CCC2CN12. The average molecular weight is 156 g/mol. The Hall–Kier alpha value is -0.0800. The molecule has 3 atom stereocenters. The molecule has 0 aliphatic carbocycles. The highest BCUT2D eigenvalue weighted by molar-refractivity contribution is 5.01. The highest BCUT2D eigenvalue weighted by Gasteiger charge is 2.44. The molecule has 1 N–H and O–H groups in total. The molecule has 2 fully saturated rings. The van der Waals surface area contributed by atoms with E-state index in [9.17, 15) is 0 Å². The predicted molar refractivity (Wildman–Crippen MR) is 48.8 cm³/mol. The van der Waals surface area contributed by atoms with Crippen molar-refractivity contribution in [3.63, 3.8) is 0 Å². The maximum atomic E-state index is 3.23. The summed E-state index contributed by atoms with van der Waals surface area (Å²) in [6, 6.07) is 1.86. The molecule has 0 aromatic carbocycles. The van der Waals surface area contributed by atoms with Gasteiger partial charge in [-0.15, -0.1) is 0 Å². The number of rotatable bonds is 2. The summed E-state index contributed by atoms with van der Waals surface area (Å²) in [5, 5.41) is 3.23. The Kier molecular flexibility index (Phi) is 3.34. The Morgan fingerprint density at radius 2 is 2.09 bits per heavy atom. The second kappa shape index (κ2) is 4.07. The van der Waals surface area contributed by atoms with Crippen LogP contribution in [0, 0.1) is 0 Å². The molecule has 2 nitrogen and oxygen atoms in total. The lowest BCUT2D eigenvalue weighted by atomic mass is 10.2. The molecule has 2 saturated heterocycles. The van der Waals surface area contributed by atoms with E-state index in [2.05, 4.69) is 10.2 Å². The van der Waals surface area contributed by atoms with Crippen molar-refractivity contribution in [1.29, 1.82) is 0 Å². The van der Waals surface area contributed by atoms with Crippen molar-refractivity contribution in [3.8, 4) is 0 Å². The van der Waals surface area contributed by atoms with Crippen molar-refractivity contribution < 1.29 is 0 Å². The van der Waals surface area contributed by atoms with Crippen LogP contribution in [0.1, 0.15) is 26.7 Å². The van der Waals surface area contributed by atoms with Gasteiger partial charge in [-0.2, -0.15) is 0 Å². The molecule has 0 spiro atoms. The van der Waals surface area contributed by atoms with E-state index in [0.717, 1.165) is 12.1 Å². The fraction of sp³-hybridized carbons (Fsp3) is 1.00. The van der Waals surface area contributed by atoms with Crippen LogP contribution in [0.3, 0.4) is 0 Å². The Bertz CT molecular complexity index is 114. The number of likely N-dealkylation sites (N-methyl/N-ethyl adjacent to an activating group) is 1. The molecule has 0 bridgehead atoms. The lowest BCUT2D eigenvalue weighted by molar-refractivity contribution is 0.410. The number of hydrogen-bond acceptors (Lipinski definition) is 2. The zero-order chi connectivity index (χ0) is 8.27. The molecule has 0 radical (unpaired) electrons. The van der Waals surface area contributed by atoms with Crippen LogP contribution in [0.5, 0.6) is 0 Å². The number of fused-ring (bicyclic) bond motifs is 1. The van der Waals surface area contributed by atoms with Crippen LogP contribution < -0.4 is 5.32 Å². The summed E-state index contributed by atoms with van der Waals surface area (Å²) in [5.41, 5.74) is 0. The van der Waals surface area contributed by atoms with Gasteiger partial charge < -0.3 is 5.32 Å². The van der Waals surface area contributed by atoms with Crippen LogP contribution in [0.4, 0.5) is 0 Å². The highest BCUT2D eigenvalue weighted by atomic mass is 15.4. The summed E-state index contributed by atoms with van der Waals surface area (Å²) in [4.78, 5) is 2.59. The standard InChI is InChI=1S/C7H14N2.C2H6/c1-8-4-6-2-3-7-5-9(6)7;1-2/h6-8H,2-5H2,1H3;1-2H3. The van der Waals surface area contributed by atoms with Gasteiger partial charge in [0.25, 0.3) is 0 Å². The van der Waals surface area contributed by atoms with Crippen molar-refractivity contribution in [2.24, 2.45) is 0 Å². The molecule has 66 valence electrons. The van der Waals surface area contributed by atoms with Gasteiger partial charge in [0.05, 0.1) is 0 Å². The van der Waals surface area contributed by atoms with Gasteiger partial charge >= 0.3 is 0 Å². The molecular formula is C9H20N2. The minimum absolute atomic E-state index is 0.875. The third-order valence-corrected chi connectivity index (χ3v) is 2.50. The van der Waals surface area contributed by atoms with Crippen molar-refractivity contribution >= 4 is 0 Å². The van der Waals surface area contributed by atoms with E-state index in [1.807, 2.05) is 20.9 Å². The van der Waals surface area contributed by atoms with Crippen LogP contribution in [0.15, 0.2) is 0 Å². The van der Waals surface area contributed by atoms with E-state index in [4.69, 9.17) is 0 Å². The summed E-state index contributed by atoms with van der Waals surface area (Å²) in [7, 11) is 2.04. The first-order valence-corrected chi connectivity index (χ1v) is 4.82. The maximum absolute atomic E-state index is 3.23. The number of piperidine rings is 1. The fourth-order valence-electron chi connectivity index (χ4n) is 1.91. The lowest BCUT2D eigenvalue weighted by Gasteiger charge is -2.10. The largest absolute Gasteiger partial charge is 0.318 e. The summed E-state index contributed by atoms with van der Waals surface area (Å²) in [6.45, 7) is 6.57. The summed E-state index contributed by atoms with van der Waals surface area (Å²) >= 11 is 0. The topological polar surface area (TPSA) is 15.0 Å².